The van der Waals surface area contributed by atoms with Gasteiger partial charge in [-0.25, -0.2) is 4.63 Å². The molecule has 0 bridgehead atoms. The summed E-state index contributed by atoms with van der Waals surface area (Å²) in [6, 6.07) is 1.82. The van der Waals surface area contributed by atoms with Crippen LogP contribution < -0.4 is 0 Å². The molecule has 5 nitrogen and oxygen atoms in total. The summed E-state index contributed by atoms with van der Waals surface area (Å²) in [5.74, 6) is 0.167. The number of hydrogen-bond acceptors (Lipinski definition) is 4. The molecule has 0 aliphatic heterocycles. The highest BCUT2D eigenvalue weighted by Crippen LogP contribution is 2.11. The van der Waals surface area contributed by atoms with E-state index in [1.54, 1.807) is 0 Å². The Morgan fingerprint density at radius 2 is 2.24 bits per heavy atom. The molecule has 0 aliphatic rings. The molecular weight excluding hydrogens is 218 g/mol. The molecule has 0 aromatic carbocycles. The third kappa shape index (κ3) is 2.43. The Hall–Kier alpha value is -1.91. The van der Waals surface area contributed by atoms with Gasteiger partial charge in [-0.15, -0.1) is 0 Å². The Labute approximate surface area is 99.4 Å². The molecule has 2 rings (SSSR count). The molecule has 0 fully saturated rings. The van der Waals surface area contributed by atoms with Gasteiger partial charge in [0, 0.05) is 23.9 Å². The van der Waals surface area contributed by atoms with E-state index in [0.29, 0.717) is 6.54 Å². The highest BCUT2D eigenvalue weighted by molar-refractivity contribution is 5.97. The van der Waals surface area contributed by atoms with Crippen molar-refractivity contribution in [3.05, 3.63) is 35.4 Å². The van der Waals surface area contributed by atoms with Gasteiger partial charge in [-0.2, -0.15) is 0 Å². The zero-order chi connectivity index (χ0) is 12.4. The molecule has 0 atom stereocenters. The van der Waals surface area contributed by atoms with Gasteiger partial charge in [-0.1, -0.05) is 24.2 Å². The molecule has 2 heterocycles. The maximum atomic E-state index is 11.8. The first-order valence-electron chi connectivity index (χ1n) is 5.56. The van der Waals surface area contributed by atoms with Crippen molar-refractivity contribution >= 4 is 5.78 Å². The lowest BCUT2D eigenvalue weighted by molar-refractivity contribution is 0.0939. The van der Waals surface area contributed by atoms with Crippen molar-refractivity contribution in [1.82, 2.24) is 14.9 Å². The minimum atomic E-state index is 0.0151. The lowest BCUT2D eigenvalue weighted by Gasteiger charge is -2.01. The van der Waals surface area contributed by atoms with Crippen LogP contribution in [0.1, 0.15) is 35.6 Å². The second-order valence-corrected chi connectivity index (χ2v) is 4.39. The summed E-state index contributed by atoms with van der Waals surface area (Å²) >= 11 is 0. The van der Waals surface area contributed by atoms with Gasteiger partial charge < -0.3 is 4.57 Å². The van der Waals surface area contributed by atoms with Crippen molar-refractivity contribution in [2.45, 2.75) is 27.3 Å². The van der Waals surface area contributed by atoms with E-state index in [1.165, 1.54) is 0 Å². The summed E-state index contributed by atoms with van der Waals surface area (Å²) in [7, 11) is 0. The van der Waals surface area contributed by atoms with Gasteiger partial charge in [0.15, 0.2) is 5.78 Å². The topological polar surface area (TPSA) is 60.9 Å². The zero-order valence-corrected chi connectivity index (χ0v) is 10.2. The Morgan fingerprint density at radius 3 is 2.82 bits per heavy atom. The molecule has 2 aromatic heterocycles. The maximum Gasteiger partial charge on any atom is 0.166 e. The summed E-state index contributed by atoms with van der Waals surface area (Å²) in [4.78, 5) is 11.8. The van der Waals surface area contributed by atoms with E-state index in [1.807, 2.05) is 43.8 Å². The summed E-state index contributed by atoms with van der Waals surface area (Å²) in [6.07, 6.45) is 3.69. The highest BCUT2D eigenvalue weighted by Gasteiger charge is 2.12. The number of aryl methyl sites for hydroxylation is 1. The molecule has 5 heteroatoms. The number of carbonyl (C=O) groups excluding carboxylic acids is 1. The van der Waals surface area contributed by atoms with Crippen LogP contribution in [0, 0.1) is 12.8 Å². The maximum absolute atomic E-state index is 11.8. The van der Waals surface area contributed by atoms with Crippen molar-refractivity contribution < 1.29 is 9.42 Å². The monoisotopic (exact) mass is 233 g/mol. The Balaban J connectivity index is 2.14. The molecule has 2 aromatic rings. The quantitative estimate of drug-likeness (QED) is 0.758. The van der Waals surface area contributed by atoms with Crippen molar-refractivity contribution in [2.75, 3.05) is 0 Å². The smallest absolute Gasteiger partial charge is 0.166 e. The second-order valence-electron chi connectivity index (χ2n) is 4.39. The Morgan fingerprint density at radius 1 is 1.47 bits per heavy atom. The summed E-state index contributed by atoms with van der Waals surface area (Å²) in [6.45, 7) is 6.20. The Kier molecular flexibility index (Phi) is 3.08. The molecule has 0 amide bonds. The number of carbonyl (C=O) groups is 1. The van der Waals surface area contributed by atoms with Crippen LogP contribution in [0.25, 0.3) is 0 Å². The second kappa shape index (κ2) is 4.53. The van der Waals surface area contributed by atoms with E-state index >= 15 is 0 Å². The third-order valence-corrected chi connectivity index (χ3v) is 2.64. The predicted molar refractivity (Wildman–Crippen MR) is 61.7 cm³/mol. The van der Waals surface area contributed by atoms with Crippen LogP contribution in [-0.4, -0.2) is 20.7 Å². The first-order chi connectivity index (χ1) is 8.08. The number of nitrogens with zero attached hydrogens (tertiary/aromatic N) is 3. The van der Waals surface area contributed by atoms with Crippen LogP contribution in [0.3, 0.4) is 0 Å². The average molecular weight is 233 g/mol. The minimum absolute atomic E-state index is 0.0151. The molecule has 0 N–H and O–H groups in total. The van der Waals surface area contributed by atoms with Crippen molar-refractivity contribution in [2.24, 2.45) is 5.92 Å². The van der Waals surface area contributed by atoms with Gasteiger partial charge in [0.1, 0.15) is 11.4 Å². The van der Waals surface area contributed by atoms with Crippen LogP contribution >= 0.6 is 0 Å². The predicted octanol–water partition coefficient (Wildman–Crippen LogP) is 2.07. The molecule has 0 saturated heterocycles. The van der Waals surface area contributed by atoms with Crippen LogP contribution in [0.4, 0.5) is 0 Å². The summed E-state index contributed by atoms with van der Waals surface area (Å²) in [5.41, 5.74) is 2.29. The first kappa shape index (κ1) is 11.6. The molecule has 0 spiro atoms. The van der Waals surface area contributed by atoms with Gasteiger partial charge in [-0.3, -0.25) is 4.79 Å². The fraction of sp³-hybridized carbons (Fsp3) is 0.417. The van der Waals surface area contributed by atoms with E-state index in [0.717, 1.165) is 17.0 Å². The standard InChI is InChI=1S/C12H15N3O2/c1-8(2)12(16)10-4-5-15(6-10)7-11-9(3)13-17-14-11/h4-6,8H,7H2,1-3H3. The number of Topliss-reactive ketones (excluding diaryl/α,β-unsaturated/α-hetero) is 1. The molecule has 17 heavy (non-hydrogen) atoms. The van der Waals surface area contributed by atoms with Crippen LogP contribution in [0.2, 0.25) is 0 Å². The van der Waals surface area contributed by atoms with Gasteiger partial charge in [-0.05, 0) is 13.0 Å². The molecule has 0 radical (unpaired) electrons. The molecule has 0 saturated carbocycles. The number of aromatic nitrogens is 3. The van der Waals surface area contributed by atoms with Gasteiger partial charge in [0.05, 0.1) is 6.54 Å². The minimum Gasteiger partial charge on any atom is -0.347 e. The lowest BCUT2D eigenvalue weighted by atomic mass is 10.0. The normalized spacial score (nSPS) is 11.1. The van der Waals surface area contributed by atoms with E-state index in [9.17, 15) is 4.79 Å². The van der Waals surface area contributed by atoms with Crippen molar-refractivity contribution in [3.8, 4) is 0 Å². The van der Waals surface area contributed by atoms with Crippen molar-refractivity contribution in [1.29, 1.82) is 0 Å². The average Bonchev–Trinajstić information content (AvgIpc) is 2.88. The molecule has 90 valence electrons. The zero-order valence-electron chi connectivity index (χ0n) is 10.2. The third-order valence-electron chi connectivity index (χ3n) is 2.64. The highest BCUT2D eigenvalue weighted by atomic mass is 16.6. The molecule has 0 aliphatic carbocycles. The van der Waals surface area contributed by atoms with Gasteiger partial charge >= 0.3 is 0 Å². The fourth-order valence-electron chi connectivity index (χ4n) is 1.58. The van der Waals surface area contributed by atoms with Crippen LogP contribution in [0.5, 0.6) is 0 Å². The molecule has 0 unspecified atom stereocenters. The first-order valence-corrected chi connectivity index (χ1v) is 5.56. The van der Waals surface area contributed by atoms with Crippen LogP contribution in [-0.2, 0) is 6.54 Å². The number of ketones is 1. The number of rotatable bonds is 4. The van der Waals surface area contributed by atoms with E-state index < -0.39 is 0 Å². The number of hydrogen-bond donors (Lipinski definition) is 0. The largest absolute Gasteiger partial charge is 0.347 e. The SMILES string of the molecule is Cc1nonc1Cn1ccc(C(=O)C(C)C)c1. The summed E-state index contributed by atoms with van der Waals surface area (Å²) < 4.78 is 6.53. The Bertz CT molecular complexity index is 525. The van der Waals surface area contributed by atoms with Gasteiger partial charge in [0.2, 0.25) is 0 Å². The van der Waals surface area contributed by atoms with E-state index in [4.69, 9.17) is 0 Å². The van der Waals surface area contributed by atoms with Gasteiger partial charge in [0.25, 0.3) is 0 Å². The van der Waals surface area contributed by atoms with Crippen molar-refractivity contribution in [3.63, 3.8) is 0 Å². The summed E-state index contributed by atoms with van der Waals surface area (Å²) in [5, 5.41) is 7.52. The lowest BCUT2D eigenvalue weighted by Crippen LogP contribution is -2.06. The molecular formula is C12H15N3O2. The fourth-order valence-corrected chi connectivity index (χ4v) is 1.58. The van der Waals surface area contributed by atoms with E-state index in [2.05, 4.69) is 14.9 Å². The van der Waals surface area contributed by atoms with Crippen LogP contribution in [0.15, 0.2) is 23.1 Å². The van der Waals surface area contributed by atoms with E-state index in [-0.39, 0.29) is 11.7 Å².